The Labute approximate surface area is 121 Å². The smallest absolute Gasteiger partial charge is 0.0633 e. The number of fused-ring (bicyclic) bond motifs is 1. The summed E-state index contributed by atoms with van der Waals surface area (Å²) in [5, 5.41) is 13.9. The maximum atomic E-state index is 10.1. The lowest BCUT2D eigenvalue weighted by Gasteiger charge is -2.38. The van der Waals surface area contributed by atoms with Crippen LogP contribution in [0.15, 0.2) is 24.3 Å². The molecule has 1 heterocycles. The van der Waals surface area contributed by atoms with Gasteiger partial charge < -0.3 is 15.3 Å². The summed E-state index contributed by atoms with van der Waals surface area (Å²) in [5.41, 5.74) is 2.77. The zero-order valence-corrected chi connectivity index (χ0v) is 12.0. The van der Waals surface area contributed by atoms with Gasteiger partial charge in [0.2, 0.25) is 0 Å². The maximum absolute atomic E-state index is 10.1. The second-order valence-electron chi connectivity index (χ2n) is 6.81. The largest absolute Gasteiger partial charge is 0.394 e. The molecule has 1 aromatic rings. The molecule has 0 saturated heterocycles. The highest BCUT2D eigenvalue weighted by molar-refractivity contribution is 5.58. The van der Waals surface area contributed by atoms with Crippen molar-refractivity contribution in [2.75, 3.05) is 24.6 Å². The van der Waals surface area contributed by atoms with Crippen LogP contribution in [0.3, 0.4) is 0 Å². The average Bonchev–Trinajstić information content (AvgIpc) is 3.38. The summed E-state index contributed by atoms with van der Waals surface area (Å²) in [7, 11) is 0. The summed E-state index contributed by atoms with van der Waals surface area (Å²) >= 11 is 0. The monoisotopic (exact) mass is 272 g/mol. The second-order valence-corrected chi connectivity index (χ2v) is 6.81. The minimum absolute atomic E-state index is 0.0708. The Morgan fingerprint density at radius 1 is 1.20 bits per heavy atom. The van der Waals surface area contributed by atoms with Gasteiger partial charge in [-0.15, -0.1) is 0 Å². The molecule has 3 heteroatoms. The van der Waals surface area contributed by atoms with Crippen LogP contribution in [0.2, 0.25) is 0 Å². The van der Waals surface area contributed by atoms with Gasteiger partial charge in [0, 0.05) is 24.8 Å². The number of benzene rings is 1. The van der Waals surface area contributed by atoms with Crippen LogP contribution < -0.4 is 10.2 Å². The molecular formula is C17H24N2O. The lowest BCUT2D eigenvalue weighted by atomic mass is 9.92. The van der Waals surface area contributed by atoms with Crippen LogP contribution >= 0.6 is 0 Å². The standard InChI is InChI=1S/C17H24N2O/c20-12-17(14-5-6-14,18-15-7-8-15)11-19-10-9-13-3-1-2-4-16(13)19/h1-4,14-15,18,20H,5-12H2. The molecule has 4 rings (SSSR count). The van der Waals surface area contributed by atoms with E-state index in [1.165, 1.54) is 36.9 Å². The van der Waals surface area contributed by atoms with E-state index in [0.29, 0.717) is 12.0 Å². The Morgan fingerprint density at radius 3 is 2.70 bits per heavy atom. The number of hydrogen-bond acceptors (Lipinski definition) is 3. The number of aliphatic hydroxyl groups is 1. The number of anilines is 1. The Hall–Kier alpha value is -1.06. The molecular weight excluding hydrogens is 248 g/mol. The minimum atomic E-state index is -0.0708. The Kier molecular flexibility index (Phi) is 3.00. The lowest BCUT2D eigenvalue weighted by Crippen LogP contribution is -2.58. The zero-order valence-electron chi connectivity index (χ0n) is 12.0. The van der Waals surface area contributed by atoms with Gasteiger partial charge in [0.15, 0.2) is 0 Å². The van der Waals surface area contributed by atoms with E-state index in [4.69, 9.17) is 0 Å². The summed E-state index contributed by atoms with van der Waals surface area (Å²) in [5.74, 6) is 0.667. The first-order chi connectivity index (χ1) is 9.81. The molecule has 1 unspecified atom stereocenters. The highest BCUT2D eigenvalue weighted by Gasteiger charge is 2.48. The van der Waals surface area contributed by atoms with Crippen molar-refractivity contribution in [3.8, 4) is 0 Å². The van der Waals surface area contributed by atoms with Crippen molar-refractivity contribution in [3.05, 3.63) is 29.8 Å². The molecule has 3 aliphatic rings. The predicted octanol–water partition coefficient (Wildman–Crippen LogP) is 1.94. The third kappa shape index (κ3) is 2.23. The number of nitrogens with one attached hydrogen (secondary N) is 1. The fraction of sp³-hybridized carbons (Fsp3) is 0.647. The number of para-hydroxylation sites is 1. The summed E-state index contributed by atoms with van der Waals surface area (Å²) in [6, 6.07) is 9.38. The fourth-order valence-corrected chi connectivity index (χ4v) is 3.70. The SMILES string of the molecule is OCC(CN1CCc2ccccc21)(NC1CC1)C1CC1. The molecule has 0 aromatic heterocycles. The van der Waals surface area contributed by atoms with Gasteiger partial charge in [0.1, 0.15) is 0 Å². The highest BCUT2D eigenvalue weighted by Crippen LogP contribution is 2.43. The van der Waals surface area contributed by atoms with Crippen LogP contribution in [0.1, 0.15) is 31.2 Å². The molecule has 0 spiro atoms. The Bertz CT molecular complexity index is 496. The van der Waals surface area contributed by atoms with Crippen molar-refractivity contribution in [2.24, 2.45) is 5.92 Å². The van der Waals surface area contributed by atoms with Crippen LogP contribution in [0.5, 0.6) is 0 Å². The molecule has 0 amide bonds. The van der Waals surface area contributed by atoms with Crippen molar-refractivity contribution in [1.82, 2.24) is 5.32 Å². The Morgan fingerprint density at radius 2 is 2.00 bits per heavy atom. The van der Waals surface area contributed by atoms with E-state index in [9.17, 15) is 5.11 Å². The van der Waals surface area contributed by atoms with Crippen molar-refractivity contribution in [3.63, 3.8) is 0 Å². The Balaban J connectivity index is 1.56. The van der Waals surface area contributed by atoms with Crippen LogP contribution in [0.25, 0.3) is 0 Å². The van der Waals surface area contributed by atoms with Crippen molar-refractivity contribution < 1.29 is 5.11 Å². The number of rotatable bonds is 6. The quantitative estimate of drug-likeness (QED) is 0.831. The molecule has 2 saturated carbocycles. The molecule has 2 fully saturated rings. The van der Waals surface area contributed by atoms with E-state index in [2.05, 4.69) is 34.5 Å². The lowest BCUT2D eigenvalue weighted by molar-refractivity contribution is 0.142. The minimum Gasteiger partial charge on any atom is -0.394 e. The van der Waals surface area contributed by atoms with Gasteiger partial charge in [-0.05, 0) is 49.7 Å². The average molecular weight is 272 g/mol. The zero-order chi connectivity index (χ0) is 13.6. The van der Waals surface area contributed by atoms with Gasteiger partial charge in [-0.25, -0.2) is 0 Å². The number of aliphatic hydroxyl groups excluding tert-OH is 1. The molecule has 2 aliphatic carbocycles. The van der Waals surface area contributed by atoms with Gasteiger partial charge in [0.05, 0.1) is 12.1 Å². The van der Waals surface area contributed by atoms with Crippen molar-refractivity contribution in [1.29, 1.82) is 0 Å². The normalized spacial score (nSPS) is 24.6. The van der Waals surface area contributed by atoms with Crippen LogP contribution in [0, 0.1) is 5.92 Å². The molecule has 0 bridgehead atoms. The van der Waals surface area contributed by atoms with Crippen LogP contribution in [0.4, 0.5) is 5.69 Å². The van der Waals surface area contributed by atoms with E-state index in [0.717, 1.165) is 19.5 Å². The van der Waals surface area contributed by atoms with Crippen molar-refractivity contribution >= 4 is 5.69 Å². The number of hydrogen-bond donors (Lipinski definition) is 2. The first kappa shape index (κ1) is 12.7. The van der Waals surface area contributed by atoms with Crippen LogP contribution in [-0.4, -0.2) is 36.4 Å². The first-order valence-electron chi connectivity index (χ1n) is 8.02. The highest BCUT2D eigenvalue weighted by atomic mass is 16.3. The molecule has 0 radical (unpaired) electrons. The topological polar surface area (TPSA) is 35.5 Å². The van der Waals surface area contributed by atoms with Gasteiger partial charge in [0.25, 0.3) is 0 Å². The van der Waals surface area contributed by atoms with Gasteiger partial charge in [-0.3, -0.25) is 0 Å². The number of nitrogens with zero attached hydrogens (tertiary/aromatic N) is 1. The molecule has 1 aliphatic heterocycles. The van der Waals surface area contributed by atoms with E-state index < -0.39 is 0 Å². The second kappa shape index (κ2) is 4.74. The van der Waals surface area contributed by atoms with Gasteiger partial charge >= 0.3 is 0 Å². The van der Waals surface area contributed by atoms with Gasteiger partial charge in [-0.2, -0.15) is 0 Å². The molecule has 1 aromatic carbocycles. The van der Waals surface area contributed by atoms with E-state index in [-0.39, 0.29) is 12.1 Å². The maximum Gasteiger partial charge on any atom is 0.0633 e. The predicted molar refractivity (Wildman–Crippen MR) is 81.1 cm³/mol. The third-order valence-electron chi connectivity index (χ3n) is 5.17. The fourth-order valence-electron chi connectivity index (χ4n) is 3.70. The van der Waals surface area contributed by atoms with E-state index >= 15 is 0 Å². The molecule has 1 atom stereocenters. The molecule has 2 N–H and O–H groups in total. The molecule has 3 nitrogen and oxygen atoms in total. The molecule has 20 heavy (non-hydrogen) atoms. The van der Waals surface area contributed by atoms with Crippen LogP contribution in [-0.2, 0) is 6.42 Å². The summed E-state index contributed by atoms with van der Waals surface area (Å²) in [4.78, 5) is 2.49. The first-order valence-corrected chi connectivity index (χ1v) is 8.02. The third-order valence-corrected chi connectivity index (χ3v) is 5.17. The van der Waals surface area contributed by atoms with E-state index in [1.54, 1.807) is 0 Å². The van der Waals surface area contributed by atoms with E-state index in [1.807, 2.05) is 0 Å². The van der Waals surface area contributed by atoms with Gasteiger partial charge in [-0.1, -0.05) is 18.2 Å². The summed E-state index contributed by atoms with van der Waals surface area (Å²) in [6.07, 6.45) is 6.26. The summed E-state index contributed by atoms with van der Waals surface area (Å²) in [6.45, 7) is 2.33. The summed E-state index contributed by atoms with van der Waals surface area (Å²) < 4.78 is 0. The molecule has 108 valence electrons. The van der Waals surface area contributed by atoms with Crippen molar-refractivity contribution in [2.45, 2.75) is 43.7 Å².